The third-order valence-corrected chi connectivity index (χ3v) is 7.25. The van der Waals surface area contributed by atoms with E-state index in [1.54, 1.807) is 0 Å². The molecule has 2 heterocycles. The van der Waals surface area contributed by atoms with Gasteiger partial charge in [0.1, 0.15) is 23.8 Å². The third-order valence-electron chi connectivity index (χ3n) is 4.78. The van der Waals surface area contributed by atoms with E-state index in [9.17, 15) is 30.8 Å². The Labute approximate surface area is 209 Å². The molecule has 14 nitrogen and oxygen atoms in total. The lowest BCUT2D eigenvalue weighted by atomic mass is 10.3. The van der Waals surface area contributed by atoms with E-state index in [0.29, 0.717) is 21.2 Å². The number of rotatable bonds is 7. The lowest BCUT2D eigenvalue weighted by Gasteiger charge is -2.05. The Bertz CT molecular complexity index is 1460. The monoisotopic (exact) mass is 520 g/mol. The first-order chi connectivity index (χ1) is 17.2. The maximum Gasteiger partial charge on any atom is 0.269 e. The third kappa shape index (κ3) is 4.37. The van der Waals surface area contributed by atoms with Crippen molar-refractivity contribution in [3.63, 3.8) is 0 Å². The molecule has 0 radical (unpaired) electrons. The summed E-state index contributed by atoms with van der Waals surface area (Å²) in [6.07, 6.45) is 0. The van der Waals surface area contributed by atoms with Crippen LogP contribution in [0, 0.1) is 42.9 Å². The van der Waals surface area contributed by atoms with Crippen molar-refractivity contribution in [1.82, 2.24) is 19.6 Å². The number of benzene rings is 2. The van der Waals surface area contributed by atoms with Crippen molar-refractivity contribution in [2.24, 2.45) is 0 Å². The van der Waals surface area contributed by atoms with Crippen LogP contribution in [-0.2, 0) is 0 Å². The predicted octanol–water partition coefficient (Wildman–Crippen LogP) is 3.58. The van der Waals surface area contributed by atoms with Crippen LogP contribution in [0.5, 0.6) is 0 Å². The Morgan fingerprint density at radius 1 is 0.722 bits per heavy atom. The number of hydrogen-bond acceptors (Lipinski definition) is 12. The van der Waals surface area contributed by atoms with Gasteiger partial charge in [0, 0.05) is 24.3 Å². The summed E-state index contributed by atoms with van der Waals surface area (Å²) in [4.78, 5) is 21.3. The minimum absolute atomic E-state index is 0.00296. The lowest BCUT2D eigenvalue weighted by molar-refractivity contribution is -0.385. The quantitative estimate of drug-likeness (QED) is 0.203. The molecular formula is C20H12N10O4S2. The summed E-state index contributed by atoms with van der Waals surface area (Å²) >= 11 is 0. The van der Waals surface area contributed by atoms with Gasteiger partial charge in [0.05, 0.1) is 31.0 Å². The first-order valence-corrected chi connectivity index (χ1v) is 11.8. The zero-order chi connectivity index (χ0) is 26.0. The second-order valence-electron chi connectivity index (χ2n) is 6.89. The van der Waals surface area contributed by atoms with Gasteiger partial charge >= 0.3 is 0 Å². The van der Waals surface area contributed by atoms with E-state index in [1.165, 1.54) is 57.9 Å². The largest absolute Gasteiger partial charge is 0.383 e. The molecule has 0 unspecified atom stereocenters. The summed E-state index contributed by atoms with van der Waals surface area (Å²) < 4.78 is 2.56. The standard InChI is InChI=1S/C20H12N10O4S2/c21-9-15-17(19(23)27(25-15)11-1-5-13(6-2-11)29(31)32)35-36-18-16(10-22)26-28(20(18)24)12-3-7-14(8-4-12)30(33)34/h1-8H,23-24H2. The van der Waals surface area contributed by atoms with Crippen molar-refractivity contribution < 1.29 is 9.85 Å². The van der Waals surface area contributed by atoms with Crippen LogP contribution in [0.25, 0.3) is 11.4 Å². The number of hydrogen-bond donors (Lipinski definition) is 2. The van der Waals surface area contributed by atoms with Crippen LogP contribution in [0.15, 0.2) is 58.3 Å². The highest BCUT2D eigenvalue weighted by atomic mass is 33.1. The van der Waals surface area contributed by atoms with E-state index < -0.39 is 9.85 Å². The van der Waals surface area contributed by atoms with Crippen LogP contribution in [0.2, 0.25) is 0 Å². The van der Waals surface area contributed by atoms with Gasteiger partial charge in [-0.2, -0.15) is 20.7 Å². The molecule has 0 saturated heterocycles. The van der Waals surface area contributed by atoms with Crippen LogP contribution < -0.4 is 11.5 Å². The van der Waals surface area contributed by atoms with Gasteiger partial charge in [-0.05, 0) is 45.9 Å². The molecule has 0 aliphatic carbocycles. The second-order valence-corrected chi connectivity index (χ2v) is 9.04. The van der Waals surface area contributed by atoms with E-state index in [0.717, 1.165) is 21.6 Å². The van der Waals surface area contributed by atoms with Crippen LogP contribution >= 0.6 is 21.6 Å². The Morgan fingerprint density at radius 3 is 1.33 bits per heavy atom. The van der Waals surface area contributed by atoms with Crippen molar-refractivity contribution in [2.75, 3.05) is 11.5 Å². The lowest BCUT2D eigenvalue weighted by Crippen LogP contribution is -2.02. The van der Waals surface area contributed by atoms with E-state index in [4.69, 9.17) is 11.5 Å². The number of nitriles is 2. The first-order valence-electron chi connectivity index (χ1n) is 9.66. The fourth-order valence-electron chi connectivity index (χ4n) is 3.05. The highest BCUT2D eigenvalue weighted by molar-refractivity contribution is 8.76. The van der Waals surface area contributed by atoms with Gasteiger partial charge in [-0.1, -0.05) is 0 Å². The van der Waals surface area contributed by atoms with Crippen molar-refractivity contribution >= 4 is 44.6 Å². The number of aromatic nitrogens is 4. The molecule has 0 amide bonds. The topological polar surface area (TPSA) is 222 Å². The Hall–Kier alpha value is -5.06. The predicted molar refractivity (Wildman–Crippen MR) is 130 cm³/mol. The number of non-ortho nitro benzene ring substituents is 2. The molecule has 2 aromatic carbocycles. The molecule has 4 N–H and O–H groups in total. The minimum Gasteiger partial charge on any atom is -0.383 e. The summed E-state index contributed by atoms with van der Waals surface area (Å²) in [5.74, 6) is 0.218. The van der Waals surface area contributed by atoms with Crippen molar-refractivity contribution in [3.8, 4) is 23.5 Å². The molecule has 36 heavy (non-hydrogen) atoms. The van der Waals surface area contributed by atoms with Crippen LogP contribution in [-0.4, -0.2) is 29.4 Å². The number of anilines is 2. The molecule has 0 bridgehead atoms. The van der Waals surface area contributed by atoms with Gasteiger partial charge < -0.3 is 11.5 Å². The smallest absolute Gasteiger partial charge is 0.269 e. The highest BCUT2D eigenvalue weighted by Crippen LogP contribution is 2.45. The summed E-state index contributed by atoms with van der Waals surface area (Å²) in [5.41, 5.74) is 13.1. The normalized spacial score (nSPS) is 10.5. The van der Waals surface area contributed by atoms with Gasteiger partial charge in [0.2, 0.25) is 0 Å². The molecule has 0 fully saturated rings. The van der Waals surface area contributed by atoms with E-state index in [2.05, 4.69) is 10.2 Å². The van der Waals surface area contributed by atoms with Gasteiger partial charge in [0.15, 0.2) is 11.4 Å². The molecule has 16 heteroatoms. The van der Waals surface area contributed by atoms with E-state index in [-0.39, 0.29) is 34.4 Å². The fraction of sp³-hybridized carbons (Fsp3) is 0. The first kappa shape index (κ1) is 24.1. The molecular weight excluding hydrogens is 508 g/mol. The Kier molecular flexibility index (Phi) is 6.46. The summed E-state index contributed by atoms with van der Waals surface area (Å²) in [5, 5.41) is 49.3. The van der Waals surface area contributed by atoms with Crippen LogP contribution in [0.1, 0.15) is 11.4 Å². The molecule has 0 atom stereocenters. The van der Waals surface area contributed by atoms with Gasteiger partial charge in [0.25, 0.3) is 11.4 Å². The van der Waals surface area contributed by atoms with E-state index >= 15 is 0 Å². The fourth-order valence-corrected chi connectivity index (χ4v) is 5.38. The van der Waals surface area contributed by atoms with Crippen molar-refractivity contribution in [1.29, 1.82) is 10.5 Å². The minimum atomic E-state index is -0.539. The highest BCUT2D eigenvalue weighted by Gasteiger charge is 2.23. The zero-order valence-electron chi connectivity index (χ0n) is 17.8. The number of nitrogens with zero attached hydrogens (tertiary/aromatic N) is 8. The summed E-state index contributed by atoms with van der Waals surface area (Å²) in [7, 11) is 2.07. The maximum atomic E-state index is 10.9. The molecule has 4 aromatic rings. The molecule has 0 aliphatic rings. The molecule has 4 rings (SSSR count). The van der Waals surface area contributed by atoms with Gasteiger partial charge in [-0.15, -0.1) is 0 Å². The van der Waals surface area contributed by atoms with Crippen LogP contribution in [0.3, 0.4) is 0 Å². The number of nitro groups is 2. The van der Waals surface area contributed by atoms with Crippen LogP contribution in [0.4, 0.5) is 23.0 Å². The Morgan fingerprint density at radius 2 is 1.06 bits per heavy atom. The number of nitrogen functional groups attached to an aromatic ring is 2. The summed E-state index contributed by atoms with van der Waals surface area (Å²) in [6, 6.07) is 14.9. The molecule has 2 aromatic heterocycles. The zero-order valence-corrected chi connectivity index (χ0v) is 19.4. The average Bonchev–Trinajstić information content (AvgIpc) is 3.38. The molecule has 0 spiro atoms. The molecule has 178 valence electrons. The Balaban J connectivity index is 1.64. The van der Waals surface area contributed by atoms with Gasteiger partial charge in [-0.25, -0.2) is 9.36 Å². The van der Waals surface area contributed by atoms with Crippen molar-refractivity contribution in [3.05, 3.63) is 80.1 Å². The number of nitrogens with two attached hydrogens (primary N) is 2. The number of nitro benzene ring substituents is 2. The van der Waals surface area contributed by atoms with Gasteiger partial charge in [-0.3, -0.25) is 20.2 Å². The molecule has 0 aliphatic heterocycles. The second kappa shape index (κ2) is 9.66. The maximum absolute atomic E-state index is 10.9. The summed E-state index contributed by atoms with van der Waals surface area (Å²) in [6.45, 7) is 0. The van der Waals surface area contributed by atoms with Crippen molar-refractivity contribution in [2.45, 2.75) is 9.79 Å². The average molecular weight is 521 g/mol. The van der Waals surface area contributed by atoms with E-state index in [1.807, 2.05) is 12.1 Å². The SMILES string of the molecule is N#Cc1nn(-c2ccc([N+](=O)[O-])cc2)c(N)c1SSc1c(C#N)nn(-c2ccc([N+](=O)[O-])cc2)c1N. The molecule has 0 saturated carbocycles.